The fourth-order valence-corrected chi connectivity index (χ4v) is 1.69. The molecule has 0 spiro atoms. The maximum atomic E-state index is 11.4. The number of hydrogen-bond donors (Lipinski definition) is 2. The fourth-order valence-electron chi connectivity index (χ4n) is 1.52. The minimum atomic E-state index is -0.498. The quantitative estimate of drug-likeness (QED) is 0.426. The number of nitro benzene ring substituents is 1. The predicted octanol–water partition coefficient (Wildman–Crippen LogP) is 1.10. The van der Waals surface area contributed by atoms with Crippen LogP contribution in [0.15, 0.2) is 18.2 Å². The summed E-state index contributed by atoms with van der Waals surface area (Å²) in [5.74, 6) is -0.196. The van der Waals surface area contributed by atoms with E-state index in [1.54, 1.807) is 19.2 Å². The third kappa shape index (κ3) is 5.52. The van der Waals surface area contributed by atoms with Gasteiger partial charge < -0.3 is 15.4 Å². The van der Waals surface area contributed by atoms with Crippen LogP contribution < -0.4 is 10.6 Å². The van der Waals surface area contributed by atoms with Crippen LogP contribution in [0.3, 0.4) is 0 Å². The Bertz CT molecular complexity index is 482. The van der Waals surface area contributed by atoms with Gasteiger partial charge in [0.1, 0.15) is 0 Å². The highest BCUT2D eigenvalue weighted by atomic mass is 35.5. The molecule has 0 heterocycles. The summed E-state index contributed by atoms with van der Waals surface area (Å²) in [5, 5.41) is 16.7. The third-order valence-corrected chi connectivity index (χ3v) is 2.71. The summed E-state index contributed by atoms with van der Waals surface area (Å²) >= 11 is 5.72. The van der Waals surface area contributed by atoms with Crippen molar-refractivity contribution in [3.05, 3.63) is 38.9 Å². The molecule has 0 fully saturated rings. The average molecular weight is 302 g/mol. The summed E-state index contributed by atoms with van der Waals surface area (Å²) in [6.45, 7) is 1.15. The summed E-state index contributed by atoms with van der Waals surface area (Å²) in [7, 11) is 1.55. The Balaban J connectivity index is 2.46. The number of methoxy groups -OCH3 is 1. The maximum Gasteiger partial charge on any atom is 0.275 e. The second-order valence-electron chi connectivity index (χ2n) is 3.98. The number of halogens is 1. The fraction of sp³-hybridized carbons (Fsp3) is 0.417. The van der Waals surface area contributed by atoms with Crippen molar-refractivity contribution in [1.29, 1.82) is 0 Å². The van der Waals surface area contributed by atoms with E-state index < -0.39 is 4.92 Å². The van der Waals surface area contributed by atoms with E-state index in [2.05, 4.69) is 10.6 Å². The molecular formula is C12H16ClN3O4. The molecule has 0 saturated heterocycles. The molecule has 0 aliphatic carbocycles. The molecule has 110 valence electrons. The smallest absolute Gasteiger partial charge is 0.275 e. The first-order valence-corrected chi connectivity index (χ1v) is 6.31. The molecule has 1 amide bonds. The first-order chi connectivity index (χ1) is 9.54. The summed E-state index contributed by atoms with van der Waals surface area (Å²) in [4.78, 5) is 21.8. The molecule has 0 aliphatic rings. The summed E-state index contributed by atoms with van der Waals surface area (Å²) < 4.78 is 4.80. The van der Waals surface area contributed by atoms with Crippen LogP contribution in [-0.4, -0.2) is 37.6 Å². The lowest BCUT2D eigenvalue weighted by Crippen LogP contribution is -2.35. The number of hydrogen-bond acceptors (Lipinski definition) is 5. The van der Waals surface area contributed by atoms with Gasteiger partial charge in [-0.1, -0.05) is 11.6 Å². The monoisotopic (exact) mass is 301 g/mol. The molecular weight excluding hydrogens is 286 g/mol. The Hall–Kier alpha value is -1.70. The van der Waals surface area contributed by atoms with E-state index in [0.29, 0.717) is 23.7 Å². The zero-order chi connectivity index (χ0) is 15.0. The SMILES string of the molecule is COCCNC(=O)CNCc1ccc(Cl)cc1[N+](=O)[O-]. The van der Waals surface area contributed by atoms with Crippen LogP contribution in [0.1, 0.15) is 5.56 Å². The molecule has 20 heavy (non-hydrogen) atoms. The number of carbonyl (C=O) groups is 1. The first-order valence-electron chi connectivity index (χ1n) is 5.93. The molecule has 7 nitrogen and oxygen atoms in total. The van der Waals surface area contributed by atoms with Crippen LogP contribution in [0.2, 0.25) is 5.02 Å². The molecule has 0 bridgehead atoms. The van der Waals surface area contributed by atoms with E-state index in [-0.39, 0.29) is 24.7 Å². The highest BCUT2D eigenvalue weighted by Gasteiger charge is 2.14. The first kappa shape index (κ1) is 16.4. The van der Waals surface area contributed by atoms with Crippen LogP contribution in [-0.2, 0) is 16.1 Å². The van der Waals surface area contributed by atoms with Crippen molar-refractivity contribution in [2.75, 3.05) is 26.8 Å². The number of nitro groups is 1. The molecule has 1 aromatic rings. The number of nitrogens with zero attached hydrogens (tertiary/aromatic N) is 1. The van der Waals surface area contributed by atoms with Gasteiger partial charge in [0.2, 0.25) is 5.91 Å². The van der Waals surface area contributed by atoms with Gasteiger partial charge in [-0.15, -0.1) is 0 Å². The van der Waals surface area contributed by atoms with Gasteiger partial charge in [0.05, 0.1) is 18.1 Å². The van der Waals surface area contributed by atoms with Gasteiger partial charge in [-0.05, 0) is 12.1 Å². The van der Waals surface area contributed by atoms with E-state index in [4.69, 9.17) is 16.3 Å². The number of nitrogens with one attached hydrogen (secondary N) is 2. The molecule has 2 N–H and O–H groups in total. The maximum absolute atomic E-state index is 11.4. The van der Waals surface area contributed by atoms with Crippen LogP contribution in [0.5, 0.6) is 0 Å². The second-order valence-corrected chi connectivity index (χ2v) is 4.41. The zero-order valence-corrected chi connectivity index (χ0v) is 11.8. The van der Waals surface area contributed by atoms with Gasteiger partial charge in [0.15, 0.2) is 0 Å². The Kier molecular flexibility index (Phi) is 6.92. The number of benzene rings is 1. The van der Waals surface area contributed by atoms with Crippen LogP contribution in [0, 0.1) is 10.1 Å². The van der Waals surface area contributed by atoms with Crippen LogP contribution >= 0.6 is 11.6 Å². The van der Waals surface area contributed by atoms with Crippen molar-refractivity contribution in [1.82, 2.24) is 10.6 Å². The van der Waals surface area contributed by atoms with Crippen molar-refractivity contribution in [3.8, 4) is 0 Å². The third-order valence-electron chi connectivity index (χ3n) is 2.47. The minimum absolute atomic E-state index is 0.0650. The normalized spacial score (nSPS) is 10.3. The molecule has 0 saturated carbocycles. The lowest BCUT2D eigenvalue weighted by Gasteiger charge is -2.07. The molecule has 0 atom stereocenters. The number of carbonyl (C=O) groups excluding carboxylic acids is 1. The van der Waals surface area contributed by atoms with Gasteiger partial charge in [-0.25, -0.2) is 0 Å². The van der Waals surface area contributed by atoms with Gasteiger partial charge in [0, 0.05) is 36.9 Å². The van der Waals surface area contributed by atoms with E-state index in [1.807, 2.05) is 0 Å². The van der Waals surface area contributed by atoms with E-state index in [0.717, 1.165) is 0 Å². The Morgan fingerprint density at radius 2 is 2.25 bits per heavy atom. The topological polar surface area (TPSA) is 93.5 Å². The van der Waals surface area contributed by atoms with Crippen molar-refractivity contribution >= 4 is 23.2 Å². The lowest BCUT2D eigenvalue weighted by atomic mass is 10.2. The van der Waals surface area contributed by atoms with Gasteiger partial charge in [-0.3, -0.25) is 14.9 Å². The standard InChI is InChI=1S/C12H16ClN3O4/c1-20-5-4-15-12(17)8-14-7-9-2-3-10(13)6-11(9)16(18)19/h2-3,6,14H,4-5,7-8H2,1H3,(H,15,17). The molecule has 0 unspecified atom stereocenters. The Morgan fingerprint density at radius 3 is 2.90 bits per heavy atom. The summed E-state index contributed by atoms with van der Waals surface area (Å²) in [6, 6.07) is 4.43. The van der Waals surface area contributed by atoms with Gasteiger partial charge >= 0.3 is 0 Å². The molecule has 1 rings (SSSR count). The van der Waals surface area contributed by atoms with Gasteiger partial charge in [0.25, 0.3) is 5.69 Å². The summed E-state index contributed by atoms with van der Waals surface area (Å²) in [6.07, 6.45) is 0. The average Bonchev–Trinajstić information content (AvgIpc) is 2.40. The van der Waals surface area contributed by atoms with Crippen molar-refractivity contribution < 1.29 is 14.5 Å². The van der Waals surface area contributed by atoms with Gasteiger partial charge in [-0.2, -0.15) is 0 Å². The van der Waals surface area contributed by atoms with Crippen molar-refractivity contribution in [2.45, 2.75) is 6.54 Å². The van der Waals surface area contributed by atoms with E-state index in [1.165, 1.54) is 6.07 Å². The minimum Gasteiger partial charge on any atom is -0.383 e. The Morgan fingerprint density at radius 1 is 1.50 bits per heavy atom. The molecule has 0 aromatic heterocycles. The highest BCUT2D eigenvalue weighted by molar-refractivity contribution is 6.30. The number of amides is 1. The molecule has 8 heteroatoms. The highest BCUT2D eigenvalue weighted by Crippen LogP contribution is 2.22. The van der Waals surface area contributed by atoms with Crippen LogP contribution in [0.25, 0.3) is 0 Å². The molecule has 0 aliphatic heterocycles. The molecule has 0 radical (unpaired) electrons. The summed E-state index contributed by atoms with van der Waals surface area (Å²) in [5.41, 5.74) is 0.411. The number of ether oxygens (including phenoxy) is 1. The van der Waals surface area contributed by atoms with Crippen molar-refractivity contribution in [3.63, 3.8) is 0 Å². The lowest BCUT2D eigenvalue weighted by molar-refractivity contribution is -0.385. The number of rotatable bonds is 8. The largest absolute Gasteiger partial charge is 0.383 e. The predicted molar refractivity (Wildman–Crippen MR) is 74.7 cm³/mol. The molecule has 1 aromatic carbocycles. The second kappa shape index (κ2) is 8.47. The van der Waals surface area contributed by atoms with E-state index in [9.17, 15) is 14.9 Å². The zero-order valence-electron chi connectivity index (χ0n) is 11.0. The van der Waals surface area contributed by atoms with Crippen LogP contribution in [0.4, 0.5) is 5.69 Å². The van der Waals surface area contributed by atoms with Crippen molar-refractivity contribution in [2.24, 2.45) is 0 Å². The van der Waals surface area contributed by atoms with E-state index >= 15 is 0 Å². The Labute approximate surface area is 121 Å².